The molecule has 0 aromatic rings. The molecule has 0 amide bonds. The van der Waals surface area contributed by atoms with Crippen LogP contribution in [0.4, 0.5) is 0 Å². The van der Waals surface area contributed by atoms with Crippen LogP contribution in [0.15, 0.2) is 0 Å². The molecule has 0 aliphatic heterocycles. The fourth-order valence-electron chi connectivity index (χ4n) is 1.52. The molecule has 68 valence electrons. The highest BCUT2D eigenvalue weighted by Crippen LogP contribution is 2.32. The molecule has 1 fully saturated rings. The van der Waals surface area contributed by atoms with Crippen LogP contribution in [0.2, 0.25) is 0 Å². The topological polar surface area (TPSA) is 43.4 Å². The van der Waals surface area contributed by atoms with Crippen molar-refractivity contribution in [3.05, 3.63) is 0 Å². The van der Waals surface area contributed by atoms with Crippen LogP contribution < -0.4 is 0 Å². The molecule has 0 aromatic heterocycles. The van der Waals surface area contributed by atoms with Gasteiger partial charge in [0.2, 0.25) is 5.78 Å². The second-order valence-electron chi connectivity index (χ2n) is 3.60. The smallest absolute Gasteiger partial charge is 0.374 e. The molecule has 0 unspecified atom stereocenters. The van der Waals surface area contributed by atoms with Gasteiger partial charge in [0.15, 0.2) is 0 Å². The fourth-order valence-corrected chi connectivity index (χ4v) is 1.52. The van der Waals surface area contributed by atoms with Crippen LogP contribution in [0.3, 0.4) is 0 Å². The van der Waals surface area contributed by atoms with E-state index in [1.807, 2.05) is 6.92 Å². The minimum atomic E-state index is -0.695. The van der Waals surface area contributed by atoms with Crippen LogP contribution in [0.25, 0.3) is 0 Å². The lowest BCUT2D eigenvalue weighted by Crippen LogP contribution is -2.30. The SMILES string of the molecule is CC(=O)C(=O)OC1(C)CCCC1. The monoisotopic (exact) mass is 170 g/mol. The van der Waals surface area contributed by atoms with Gasteiger partial charge in [-0.2, -0.15) is 0 Å². The predicted molar refractivity (Wildman–Crippen MR) is 43.6 cm³/mol. The van der Waals surface area contributed by atoms with E-state index in [2.05, 4.69) is 0 Å². The quantitative estimate of drug-likeness (QED) is 0.465. The number of Topliss-reactive ketones (excluding diaryl/α,β-unsaturated/α-hetero) is 1. The lowest BCUT2D eigenvalue weighted by molar-refractivity contribution is -0.163. The maximum absolute atomic E-state index is 10.9. The maximum atomic E-state index is 10.9. The lowest BCUT2D eigenvalue weighted by atomic mass is 10.1. The van der Waals surface area contributed by atoms with E-state index in [4.69, 9.17) is 4.74 Å². The summed E-state index contributed by atoms with van der Waals surface area (Å²) in [4.78, 5) is 21.5. The molecule has 0 N–H and O–H groups in total. The number of carbonyl (C=O) groups excluding carboxylic acids is 2. The zero-order valence-electron chi connectivity index (χ0n) is 7.55. The summed E-state index contributed by atoms with van der Waals surface area (Å²) in [5.74, 6) is -1.21. The first-order valence-electron chi connectivity index (χ1n) is 4.27. The van der Waals surface area contributed by atoms with Crippen molar-refractivity contribution < 1.29 is 14.3 Å². The summed E-state index contributed by atoms with van der Waals surface area (Å²) in [7, 11) is 0. The van der Waals surface area contributed by atoms with Gasteiger partial charge >= 0.3 is 5.97 Å². The van der Waals surface area contributed by atoms with Crippen LogP contribution in [0, 0.1) is 0 Å². The first kappa shape index (κ1) is 9.23. The van der Waals surface area contributed by atoms with Crippen LogP contribution >= 0.6 is 0 Å². The van der Waals surface area contributed by atoms with E-state index in [9.17, 15) is 9.59 Å². The zero-order valence-corrected chi connectivity index (χ0v) is 7.55. The molecule has 12 heavy (non-hydrogen) atoms. The summed E-state index contributed by atoms with van der Waals surface area (Å²) in [6.45, 7) is 3.13. The summed E-state index contributed by atoms with van der Waals surface area (Å²) in [5.41, 5.74) is -0.372. The van der Waals surface area contributed by atoms with Gasteiger partial charge in [0, 0.05) is 6.92 Å². The van der Waals surface area contributed by atoms with Crippen molar-refractivity contribution >= 4 is 11.8 Å². The Bertz CT molecular complexity index is 202. The zero-order chi connectivity index (χ0) is 9.19. The van der Waals surface area contributed by atoms with E-state index in [1.54, 1.807) is 0 Å². The average molecular weight is 170 g/mol. The van der Waals surface area contributed by atoms with Crippen molar-refractivity contribution in [2.45, 2.75) is 45.1 Å². The number of hydrogen-bond donors (Lipinski definition) is 0. The van der Waals surface area contributed by atoms with Gasteiger partial charge in [0.25, 0.3) is 0 Å². The van der Waals surface area contributed by atoms with E-state index in [-0.39, 0.29) is 5.60 Å². The number of hydrogen-bond acceptors (Lipinski definition) is 3. The van der Waals surface area contributed by atoms with Crippen LogP contribution in [0.5, 0.6) is 0 Å². The Hall–Kier alpha value is -0.860. The summed E-state index contributed by atoms with van der Waals surface area (Å²) in [6, 6.07) is 0. The molecule has 3 heteroatoms. The third-order valence-corrected chi connectivity index (χ3v) is 2.29. The minimum absolute atomic E-state index is 0.372. The molecule has 1 saturated carbocycles. The van der Waals surface area contributed by atoms with E-state index in [0.29, 0.717) is 0 Å². The molecule has 0 atom stereocenters. The molecule has 1 rings (SSSR count). The van der Waals surface area contributed by atoms with Gasteiger partial charge in [-0.3, -0.25) is 4.79 Å². The van der Waals surface area contributed by atoms with Gasteiger partial charge in [0.05, 0.1) is 0 Å². The Balaban J connectivity index is 2.49. The molecule has 0 saturated heterocycles. The number of esters is 1. The fraction of sp³-hybridized carbons (Fsp3) is 0.778. The molecular weight excluding hydrogens is 156 g/mol. The predicted octanol–water partition coefficient (Wildman–Crippen LogP) is 1.45. The van der Waals surface area contributed by atoms with Crippen molar-refractivity contribution in [2.24, 2.45) is 0 Å². The van der Waals surface area contributed by atoms with E-state index in [1.165, 1.54) is 6.92 Å². The van der Waals surface area contributed by atoms with Crippen LogP contribution in [0.1, 0.15) is 39.5 Å². The Morgan fingerprint density at radius 2 is 1.75 bits per heavy atom. The molecule has 0 bridgehead atoms. The Morgan fingerprint density at radius 1 is 1.25 bits per heavy atom. The Morgan fingerprint density at radius 3 is 2.17 bits per heavy atom. The van der Waals surface area contributed by atoms with Crippen molar-refractivity contribution in [1.29, 1.82) is 0 Å². The summed E-state index contributed by atoms with van der Waals surface area (Å²) >= 11 is 0. The van der Waals surface area contributed by atoms with Crippen molar-refractivity contribution in [2.75, 3.05) is 0 Å². The summed E-state index contributed by atoms with van der Waals surface area (Å²) in [5, 5.41) is 0. The van der Waals surface area contributed by atoms with Gasteiger partial charge in [-0.15, -0.1) is 0 Å². The number of rotatable bonds is 2. The standard InChI is InChI=1S/C9H14O3/c1-7(10)8(11)12-9(2)5-3-4-6-9/h3-6H2,1-2H3. The van der Waals surface area contributed by atoms with E-state index < -0.39 is 11.8 Å². The van der Waals surface area contributed by atoms with Crippen molar-refractivity contribution in [3.63, 3.8) is 0 Å². The molecule has 0 spiro atoms. The third kappa shape index (κ3) is 2.06. The number of ketones is 1. The van der Waals surface area contributed by atoms with Gasteiger partial charge < -0.3 is 4.74 Å². The molecule has 3 nitrogen and oxygen atoms in total. The molecule has 0 aromatic carbocycles. The molecule has 0 heterocycles. The van der Waals surface area contributed by atoms with Gasteiger partial charge in [0.1, 0.15) is 5.60 Å². The second kappa shape index (κ2) is 3.25. The average Bonchev–Trinajstić information content (AvgIpc) is 2.35. The lowest BCUT2D eigenvalue weighted by Gasteiger charge is -2.22. The normalized spacial score (nSPS) is 20.5. The van der Waals surface area contributed by atoms with Gasteiger partial charge in [-0.05, 0) is 32.6 Å². The molecule has 0 radical (unpaired) electrons. The Kier molecular flexibility index (Phi) is 2.50. The summed E-state index contributed by atoms with van der Waals surface area (Å²) < 4.78 is 5.07. The second-order valence-corrected chi connectivity index (χ2v) is 3.60. The van der Waals surface area contributed by atoms with Crippen molar-refractivity contribution in [3.8, 4) is 0 Å². The highest BCUT2D eigenvalue weighted by atomic mass is 16.6. The molecule has 1 aliphatic carbocycles. The first-order valence-corrected chi connectivity index (χ1v) is 4.27. The molecular formula is C9H14O3. The van der Waals surface area contributed by atoms with Crippen molar-refractivity contribution in [1.82, 2.24) is 0 Å². The summed E-state index contributed by atoms with van der Waals surface area (Å²) in [6.07, 6.45) is 3.93. The van der Waals surface area contributed by atoms with Crippen LogP contribution in [-0.2, 0) is 14.3 Å². The van der Waals surface area contributed by atoms with E-state index >= 15 is 0 Å². The highest BCUT2D eigenvalue weighted by molar-refractivity contribution is 6.32. The first-order chi connectivity index (χ1) is 5.53. The van der Waals surface area contributed by atoms with Gasteiger partial charge in [-0.1, -0.05) is 0 Å². The van der Waals surface area contributed by atoms with Gasteiger partial charge in [-0.25, -0.2) is 4.79 Å². The van der Waals surface area contributed by atoms with Crippen LogP contribution in [-0.4, -0.2) is 17.4 Å². The largest absolute Gasteiger partial charge is 0.454 e. The number of ether oxygens (including phenoxy) is 1. The van der Waals surface area contributed by atoms with E-state index in [0.717, 1.165) is 25.7 Å². The molecule has 1 aliphatic rings. The number of carbonyl (C=O) groups is 2. The third-order valence-electron chi connectivity index (χ3n) is 2.29. The maximum Gasteiger partial charge on any atom is 0.374 e. The minimum Gasteiger partial charge on any atom is -0.454 e. The Labute approximate surface area is 72.1 Å². The highest BCUT2D eigenvalue weighted by Gasteiger charge is 2.33.